The van der Waals surface area contributed by atoms with Crippen LogP contribution in [-0.4, -0.2) is 36.3 Å². The fourth-order valence-corrected chi connectivity index (χ4v) is 4.21. The minimum absolute atomic E-state index is 0.0274. The third-order valence-electron chi connectivity index (χ3n) is 4.91. The van der Waals surface area contributed by atoms with Crippen molar-refractivity contribution in [2.75, 3.05) is 19.6 Å². The summed E-state index contributed by atoms with van der Waals surface area (Å²) < 4.78 is 1.10. The van der Waals surface area contributed by atoms with Crippen LogP contribution in [-0.2, 0) is 17.8 Å². The Balaban J connectivity index is 1.44. The number of nitrogens with one attached hydrogen (secondary N) is 1. The first-order chi connectivity index (χ1) is 14.1. The molecule has 0 aliphatic carbocycles. The summed E-state index contributed by atoms with van der Waals surface area (Å²) in [4.78, 5) is 26.8. The Morgan fingerprint density at radius 1 is 1.03 bits per heavy atom. The van der Waals surface area contributed by atoms with Gasteiger partial charge in [-0.3, -0.25) is 9.59 Å². The van der Waals surface area contributed by atoms with E-state index >= 15 is 0 Å². The van der Waals surface area contributed by atoms with Crippen LogP contribution in [0.5, 0.6) is 0 Å². The van der Waals surface area contributed by atoms with Crippen LogP contribution in [0, 0.1) is 0 Å². The van der Waals surface area contributed by atoms with E-state index in [9.17, 15) is 9.59 Å². The Hall–Kier alpha value is -2.70. The molecule has 3 N–H and O–H groups in total. The van der Waals surface area contributed by atoms with E-state index in [1.165, 1.54) is 16.9 Å². The summed E-state index contributed by atoms with van der Waals surface area (Å²) in [7, 11) is 0. The molecule has 0 saturated carbocycles. The second-order valence-corrected chi connectivity index (χ2v) is 8.12. The van der Waals surface area contributed by atoms with Gasteiger partial charge in [0, 0.05) is 37.8 Å². The summed E-state index contributed by atoms with van der Waals surface area (Å²) in [6, 6.07) is 18.1. The Labute approximate surface area is 175 Å². The zero-order chi connectivity index (χ0) is 20.6. The maximum atomic E-state index is 12.4. The molecule has 0 radical (unpaired) electrons. The van der Waals surface area contributed by atoms with Gasteiger partial charge in [0.1, 0.15) is 0 Å². The molecule has 0 bridgehead atoms. The average molecular weight is 410 g/mol. The standard InChI is InChI=1S/C23H27N3O2S/c1-17(27)26(13-4-5-18-8-10-19(16-24)11-9-18)14-12-25-23(28)22-15-20-6-2-3-7-21(20)29-22/h2-3,6-11,15H,4-5,12-14,16,24H2,1H3,(H,25,28). The number of amides is 2. The number of nitrogens with zero attached hydrogens (tertiary/aromatic N) is 1. The predicted molar refractivity (Wildman–Crippen MR) is 119 cm³/mol. The molecule has 5 nitrogen and oxygen atoms in total. The summed E-state index contributed by atoms with van der Waals surface area (Å²) in [5.41, 5.74) is 7.98. The number of aryl methyl sites for hydroxylation is 1. The average Bonchev–Trinajstić information content (AvgIpc) is 3.17. The lowest BCUT2D eigenvalue weighted by Crippen LogP contribution is -2.38. The number of hydrogen-bond donors (Lipinski definition) is 2. The highest BCUT2D eigenvalue weighted by Gasteiger charge is 2.12. The molecular weight excluding hydrogens is 382 g/mol. The molecule has 29 heavy (non-hydrogen) atoms. The van der Waals surface area contributed by atoms with Crippen molar-refractivity contribution in [3.63, 3.8) is 0 Å². The minimum Gasteiger partial charge on any atom is -0.350 e. The van der Waals surface area contributed by atoms with E-state index in [-0.39, 0.29) is 11.8 Å². The molecule has 0 spiro atoms. The highest BCUT2D eigenvalue weighted by Crippen LogP contribution is 2.24. The molecule has 0 fully saturated rings. The van der Waals surface area contributed by atoms with Crippen LogP contribution in [0.1, 0.15) is 34.1 Å². The van der Waals surface area contributed by atoms with Gasteiger partial charge in [0.2, 0.25) is 5.91 Å². The first-order valence-electron chi connectivity index (χ1n) is 9.87. The van der Waals surface area contributed by atoms with Crippen LogP contribution >= 0.6 is 11.3 Å². The fraction of sp³-hybridized carbons (Fsp3) is 0.304. The van der Waals surface area contributed by atoms with Crippen molar-refractivity contribution in [1.29, 1.82) is 0 Å². The maximum Gasteiger partial charge on any atom is 0.261 e. The Bertz CT molecular complexity index is 933. The summed E-state index contributed by atoms with van der Waals surface area (Å²) >= 11 is 1.48. The van der Waals surface area contributed by atoms with Crippen LogP contribution in [0.25, 0.3) is 10.1 Å². The quantitative estimate of drug-likeness (QED) is 0.567. The number of hydrogen-bond acceptors (Lipinski definition) is 4. The summed E-state index contributed by atoms with van der Waals surface area (Å²) in [6.45, 7) is 3.75. The van der Waals surface area contributed by atoms with E-state index in [2.05, 4.69) is 17.4 Å². The smallest absolute Gasteiger partial charge is 0.261 e. The minimum atomic E-state index is -0.0882. The van der Waals surface area contributed by atoms with Crippen molar-refractivity contribution >= 4 is 33.2 Å². The molecule has 6 heteroatoms. The molecule has 1 aromatic heterocycles. The highest BCUT2D eigenvalue weighted by atomic mass is 32.1. The SMILES string of the molecule is CC(=O)N(CCCc1ccc(CN)cc1)CCNC(=O)c1cc2ccccc2s1. The van der Waals surface area contributed by atoms with Crippen LogP contribution in [0.2, 0.25) is 0 Å². The van der Waals surface area contributed by atoms with Gasteiger partial charge in [-0.1, -0.05) is 42.5 Å². The van der Waals surface area contributed by atoms with Crippen molar-refractivity contribution < 1.29 is 9.59 Å². The number of fused-ring (bicyclic) bond motifs is 1. The molecule has 2 amide bonds. The molecule has 3 rings (SSSR count). The Morgan fingerprint density at radius 2 is 1.76 bits per heavy atom. The number of rotatable bonds is 9. The summed E-state index contributed by atoms with van der Waals surface area (Å²) in [5.74, 6) is -0.0608. The lowest BCUT2D eigenvalue weighted by Gasteiger charge is -2.21. The molecule has 0 aliphatic rings. The van der Waals surface area contributed by atoms with E-state index in [4.69, 9.17) is 5.73 Å². The molecule has 2 aromatic carbocycles. The molecule has 152 valence electrons. The van der Waals surface area contributed by atoms with Crippen molar-refractivity contribution in [2.45, 2.75) is 26.3 Å². The molecule has 0 unspecified atom stereocenters. The van der Waals surface area contributed by atoms with E-state index in [1.807, 2.05) is 42.5 Å². The summed E-state index contributed by atoms with van der Waals surface area (Å²) in [5, 5.41) is 4.01. The number of benzene rings is 2. The van der Waals surface area contributed by atoms with E-state index < -0.39 is 0 Å². The first-order valence-corrected chi connectivity index (χ1v) is 10.7. The van der Waals surface area contributed by atoms with Gasteiger partial charge in [0.25, 0.3) is 5.91 Å². The van der Waals surface area contributed by atoms with Crippen molar-refractivity contribution in [3.8, 4) is 0 Å². The van der Waals surface area contributed by atoms with Gasteiger partial charge in [-0.05, 0) is 41.5 Å². The van der Waals surface area contributed by atoms with Crippen molar-refractivity contribution in [3.05, 3.63) is 70.6 Å². The van der Waals surface area contributed by atoms with Gasteiger partial charge in [0.15, 0.2) is 0 Å². The van der Waals surface area contributed by atoms with Crippen LogP contribution < -0.4 is 11.1 Å². The second-order valence-electron chi connectivity index (χ2n) is 7.03. The second kappa shape index (κ2) is 10.2. The number of carbonyl (C=O) groups is 2. The number of carbonyl (C=O) groups excluding carboxylic acids is 2. The number of nitrogens with two attached hydrogens (primary N) is 1. The molecule has 0 atom stereocenters. The van der Waals surface area contributed by atoms with Gasteiger partial charge < -0.3 is 16.0 Å². The predicted octanol–water partition coefficient (Wildman–Crippen LogP) is 3.57. The molecule has 1 heterocycles. The topological polar surface area (TPSA) is 75.4 Å². The zero-order valence-corrected chi connectivity index (χ0v) is 17.5. The third-order valence-corrected chi connectivity index (χ3v) is 6.03. The van der Waals surface area contributed by atoms with Gasteiger partial charge in [-0.15, -0.1) is 11.3 Å². The largest absolute Gasteiger partial charge is 0.350 e. The molecule has 3 aromatic rings. The van der Waals surface area contributed by atoms with Crippen LogP contribution in [0.15, 0.2) is 54.6 Å². The zero-order valence-electron chi connectivity index (χ0n) is 16.7. The van der Waals surface area contributed by atoms with E-state index in [0.717, 1.165) is 28.5 Å². The van der Waals surface area contributed by atoms with Gasteiger partial charge in [-0.25, -0.2) is 0 Å². The van der Waals surface area contributed by atoms with Crippen LogP contribution in [0.4, 0.5) is 0 Å². The highest BCUT2D eigenvalue weighted by molar-refractivity contribution is 7.20. The maximum absolute atomic E-state index is 12.4. The Kier molecular flexibility index (Phi) is 7.38. The van der Waals surface area contributed by atoms with Gasteiger partial charge in [-0.2, -0.15) is 0 Å². The molecule has 0 aliphatic heterocycles. The van der Waals surface area contributed by atoms with Crippen molar-refractivity contribution in [1.82, 2.24) is 10.2 Å². The van der Waals surface area contributed by atoms with Gasteiger partial charge in [0.05, 0.1) is 4.88 Å². The van der Waals surface area contributed by atoms with Crippen LogP contribution in [0.3, 0.4) is 0 Å². The lowest BCUT2D eigenvalue weighted by atomic mass is 10.1. The van der Waals surface area contributed by atoms with Gasteiger partial charge >= 0.3 is 0 Å². The molecular formula is C23H27N3O2S. The third kappa shape index (κ3) is 5.89. The summed E-state index contributed by atoms with van der Waals surface area (Å²) in [6.07, 6.45) is 1.79. The number of thiophene rings is 1. The monoisotopic (exact) mass is 409 g/mol. The van der Waals surface area contributed by atoms with E-state index in [1.54, 1.807) is 11.8 Å². The fourth-order valence-electron chi connectivity index (χ4n) is 3.23. The molecule has 0 saturated heterocycles. The van der Waals surface area contributed by atoms with Crippen molar-refractivity contribution in [2.24, 2.45) is 5.73 Å². The Morgan fingerprint density at radius 3 is 2.45 bits per heavy atom. The van der Waals surface area contributed by atoms with E-state index in [0.29, 0.717) is 31.1 Å². The normalized spacial score (nSPS) is 10.8. The lowest BCUT2D eigenvalue weighted by molar-refractivity contribution is -0.128. The first kappa shape index (κ1) is 21.0.